The summed E-state index contributed by atoms with van der Waals surface area (Å²) in [4.78, 5) is 25.4. The predicted molar refractivity (Wildman–Crippen MR) is 101 cm³/mol. The van der Waals surface area contributed by atoms with Gasteiger partial charge in [-0.1, -0.05) is 12.1 Å². The third-order valence-corrected chi connectivity index (χ3v) is 4.93. The predicted octanol–water partition coefficient (Wildman–Crippen LogP) is 1.89. The van der Waals surface area contributed by atoms with Crippen molar-refractivity contribution in [2.75, 3.05) is 0 Å². The van der Waals surface area contributed by atoms with Gasteiger partial charge in [-0.3, -0.25) is 14.0 Å². The highest BCUT2D eigenvalue weighted by Crippen LogP contribution is 2.21. The van der Waals surface area contributed by atoms with E-state index in [4.69, 9.17) is 0 Å². The molecular weight excluding hydrogens is 364 g/mol. The molecule has 0 bridgehead atoms. The fourth-order valence-corrected chi connectivity index (χ4v) is 3.45. The highest BCUT2D eigenvalue weighted by atomic mass is 32.1. The Kier molecular flexibility index (Phi) is 4.51. The molecule has 0 fully saturated rings. The van der Waals surface area contributed by atoms with Crippen molar-refractivity contribution in [2.45, 2.75) is 19.5 Å². The van der Waals surface area contributed by atoms with E-state index in [0.29, 0.717) is 17.2 Å². The van der Waals surface area contributed by atoms with Crippen LogP contribution >= 0.6 is 11.3 Å². The highest BCUT2D eigenvalue weighted by molar-refractivity contribution is 7.13. The molecule has 0 saturated heterocycles. The van der Waals surface area contributed by atoms with Crippen molar-refractivity contribution in [1.82, 2.24) is 29.7 Å². The lowest BCUT2D eigenvalue weighted by atomic mass is 10.3. The van der Waals surface area contributed by atoms with E-state index in [1.54, 1.807) is 6.07 Å². The number of hydrogen-bond donors (Lipinski definition) is 1. The van der Waals surface area contributed by atoms with Crippen molar-refractivity contribution in [1.29, 1.82) is 0 Å². The third kappa shape index (κ3) is 3.49. The molecule has 4 rings (SSSR count). The second kappa shape index (κ2) is 7.12. The first-order valence-electron chi connectivity index (χ1n) is 8.33. The molecule has 136 valence electrons. The molecule has 0 aliphatic rings. The maximum Gasteiger partial charge on any atom is 0.267 e. The topological polar surface area (TPSA) is 94.2 Å². The number of carbonyl (C=O) groups is 1. The SMILES string of the molecule is CC(NC(=O)Cn1nc(-c2cccs2)ccc1=O)c1nnc2ccccn12. The molecule has 0 aliphatic carbocycles. The van der Waals surface area contributed by atoms with E-state index in [1.807, 2.05) is 53.2 Å². The van der Waals surface area contributed by atoms with Crippen molar-refractivity contribution >= 4 is 22.9 Å². The van der Waals surface area contributed by atoms with E-state index in [2.05, 4.69) is 20.6 Å². The van der Waals surface area contributed by atoms with Gasteiger partial charge in [0.05, 0.1) is 10.9 Å². The van der Waals surface area contributed by atoms with Gasteiger partial charge in [-0.05, 0) is 36.6 Å². The van der Waals surface area contributed by atoms with Crippen LogP contribution in [-0.4, -0.2) is 30.3 Å². The minimum absolute atomic E-state index is 0.168. The summed E-state index contributed by atoms with van der Waals surface area (Å²) in [6.07, 6.45) is 1.84. The molecule has 0 aliphatic heterocycles. The van der Waals surface area contributed by atoms with Gasteiger partial charge in [0.15, 0.2) is 11.5 Å². The Morgan fingerprint density at radius 3 is 2.89 bits per heavy atom. The summed E-state index contributed by atoms with van der Waals surface area (Å²) in [5, 5.41) is 17.3. The standard InChI is InChI=1S/C18H16N6O2S/c1-12(18-21-20-15-6-2-3-9-23(15)18)19-16(25)11-24-17(26)8-7-13(22-24)14-5-4-10-27-14/h2-10,12H,11H2,1H3,(H,19,25). The molecule has 4 aromatic heterocycles. The van der Waals surface area contributed by atoms with Gasteiger partial charge >= 0.3 is 0 Å². The van der Waals surface area contributed by atoms with E-state index in [1.165, 1.54) is 22.1 Å². The normalized spacial score (nSPS) is 12.2. The molecule has 4 aromatic rings. The average molecular weight is 380 g/mol. The van der Waals surface area contributed by atoms with E-state index in [9.17, 15) is 9.59 Å². The summed E-state index contributed by atoms with van der Waals surface area (Å²) in [5.74, 6) is 0.291. The minimum atomic E-state index is -0.369. The summed E-state index contributed by atoms with van der Waals surface area (Å²) in [6.45, 7) is 1.65. The van der Waals surface area contributed by atoms with Crippen molar-refractivity contribution < 1.29 is 4.79 Å². The van der Waals surface area contributed by atoms with Crippen LogP contribution in [0.3, 0.4) is 0 Å². The number of aromatic nitrogens is 5. The molecule has 0 spiro atoms. The maximum atomic E-state index is 12.4. The lowest BCUT2D eigenvalue weighted by Crippen LogP contribution is -2.35. The van der Waals surface area contributed by atoms with Gasteiger partial charge in [0.25, 0.3) is 5.56 Å². The summed E-state index contributed by atoms with van der Waals surface area (Å²) in [7, 11) is 0. The second-order valence-corrected chi connectivity index (χ2v) is 6.92. The zero-order valence-electron chi connectivity index (χ0n) is 14.4. The van der Waals surface area contributed by atoms with Crippen LogP contribution in [0.1, 0.15) is 18.8 Å². The van der Waals surface area contributed by atoms with Gasteiger partial charge in [-0.25, -0.2) is 4.68 Å². The zero-order chi connectivity index (χ0) is 18.8. The van der Waals surface area contributed by atoms with Crippen molar-refractivity contribution in [3.63, 3.8) is 0 Å². The number of nitrogens with zero attached hydrogens (tertiary/aromatic N) is 5. The van der Waals surface area contributed by atoms with Crippen LogP contribution in [0, 0.1) is 0 Å². The minimum Gasteiger partial charge on any atom is -0.345 e. The summed E-state index contributed by atoms with van der Waals surface area (Å²) >= 11 is 1.52. The van der Waals surface area contributed by atoms with Crippen LogP contribution in [0.2, 0.25) is 0 Å². The Hall–Kier alpha value is -3.33. The molecule has 1 N–H and O–H groups in total. The molecule has 0 aromatic carbocycles. The monoisotopic (exact) mass is 380 g/mol. The molecule has 1 atom stereocenters. The summed E-state index contributed by atoms with van der Waals surface area (Å²) < 4.78 is 2.98. The number of pyridine rings is 1. The largest absolute Gasteiger partial charge is 0.345 e. The number of amides is 1. The first kappa shape index (κ1) is 17.1. The fraction of sp³-hybridized carbons (Fsp3) is 0.167. The summed E-state index contributed by atoms with van der Waals surface area (Å²) in [6, 6.07) is 12.1. The number of fused-ring (bicyclic) bond motifs is 1. The average Bonchev–Trinajstić information content (AvgIpc) is 3.33. The van der Waals surface area contributed by atoms with Gasteiger partial charge < -0.3 is 5.32 Å². The van der Waals surface area contributed by atoms with Crippen LogP contribution < -0.4 is 10.9 Å². The maximum absolute atomic E-state index is 12.4. The molecule has 27 heavy (non-hydrogen) atoms. The van der Waals surface area contributed by atoms with Crippen LogP contribution in [0.4, 0.5) is 0 Å². The molecule has 4 heterocycles. The zero-order valence-corrected chi connectivity index (χ0v) is 15.3. The van der Waals surface area contributed by atoms with Crippen molar-refractivity contribution in [3.8, 4) is 10.6 Å². The van der Waals surface area contributed by atoms with E-state index < -0.39 is 0 Å². The number of carbonyl (C=O) groups excluding carboxylic acids is 1. The number of thiophene rings is 1. The Bertz CT molecular complexity index is 1150. The molecule has 0 radical (unpaired) electrons. The Morgan fingerprint density at radius 1 is 1.19 bits per heavy atom. The summed E-state index contributed by atoms with van der Waals surface area (Å²) in [5.41, 5.74) is 1.04. The van der Waals surface area contributed by atoms with Gasteiger partial charge in [-0.2, -0.15) is 5.10 Å². The molecule has 8 nitrogen and oxygen atoms in total. The first-order valence-corrected chi connectivity index (χ1v) is 9.21. The Labute approximate surface area is 158 Å². The first-order chi connectivity index (χ1) is 13.1. The van der Waals surface area contributed by atoms with Gasteiger partial charge in [0.1, 0.15) is 12.2 Å². The molecule has 0 saturated carbocycles. The lowest BCUT2D eigenvalue weighted by Gasteiger charge is -2.13. The molecular formula is C18H16N6O2S. The Morgan fingerprint density at radius 2 is 2.07 bits per heavy atom. The Balaban J connectivity index is 1.51. The van der Waals surface area contributed by atoms with Gasteiger partial charge in [0, 0.05) is 12.3 Å². The van der Waals surface area contributed by atoms with Crippen molar-refractivity contribution in [3.05, 3.63) is 70.2 Å². The highest BCUT2D eigenvalue weighted by Gasteiger charge is 2.16. The van der Waals surface area contributed by atoms with Crippen LogP contribution in [0.15, 0.2) is 58.8 Å². The number of rotatable bonds is 5. The lowest BCUT2D eigenvalue weighted by molar-refractivity contribution is -0.122. The van der Waals surface area contributed by atoms with Gasteiger partial charge in [0.2, 0.25) is 5.91 Å². The van der Waals surface area contributed by atoms with Crippen LogP contribution in [0.25, 0.3) is 16.2 Å². The number of hydrogen-bond acceptors (Lipinski definition) is 6. The van der Waals surface area contributed by atoms with Crippen LogP contribution in [-0.2, 0) is 11.3 Å². The second-order valence-electron chi connectivity index (χ2n) is 5.97. The molecule has 1 amide bonds. The van der Waals surface area contributed by atoms with Crippen molar-refractivity contribution in [2.24, 2.45) is 0 Å². The van der Waals surface area contributed by atoms with E-state index in [-0.39, 0.29) is 24.1 Å². The number of nitrogens with one attached hydrogen (secondary N) is 1. The van der Waals surface area contributed by atoms with Gasteiger partial charge in [-0.15, -0.1) is 21.5 Å². The van der Waals surface area contributed by atoms with E-state index in [0.717, 1.165) is 4.88 Å². The smallest absolute Gasteiger partial charge is 0.267 e. The van der Waals surface area contributed by atoms with E-state index >= 15 is 0 Å². The van der Waals surface area contributed by atoms with Crippen LogP contribution in [0.5, 0.6) is 0 Å². The molecule has 9 heteroatoms. The fourth-order valence-electron chi connectivity index (χ4n) is 2.76. The third-order valence-electron chi connectivity index (χ3n) is 4.04. The quantitative estimate of drug-likeness (QED) is 0.571. The molecule has 1 unspecified atom stereocenters.